The van der Waals surface area contributed by atoms with Crippen LogP contribution < -0.4 is 10.1 Å². The van der Waals surface area contributed by atoms with E-state index in [0.717, 1.165) is 36.2 Å². The predicted octanol–water partition coefficient (Wildman–Crippen LogP) is 4.44. The second-order valence-corrected chi connectivity index (χ2v) is 5.46. The van der Waals surface area contributed by atoms with E-state index in [1.54, 1.807) is 18.3 Å². The number of ether oxygens (including phenoxy) is 1. The SMILES string of the molecule is C=C[C@@](F)(Cl)/C=C/C(=O)C/C=C/CCNc1cc(OCC)ccn1. The van der Waals surface area contributed by atoms with Crippen molar-refractivity contribution >= 4 is 23.2 Å². The maximum Gasteiger partial charge on any atom is 0.220 e. The molecular formula is C18H22ClFN2O2. The fourth-order valence-corrected chi connectivity index (χ4v) is 1.77. The first-order valence-electron chi connectivity index (χ1n) is 7.68. The molecule has 0 saturated heterocycles. The van der Waals surface area contributed by atoms with Crippen LogP contribution in [0.4, 0.5) is 10.2 Å². The number of nitrogens with one attached hydrogen (secondary N) is 1. The van der Waals surface area contributed by atoms with Crippen molar-refractivity contribution in [3.8, 4) is 5.75 Å². The van der Waals surface area contributed by atoms with E-state index in [9.17, 15) is 9.18 Å². The van der Waals surface area contributed by atoms with Crippen LogP contribution >= 0.6 is 11.6 Å². The molecule has 4 nitrogen and oxygen atoms in total. The molecule has 0 aliphatic heterocycles. The lowest BCUT2D eigenvalue weighted by molar-refractivity contribution is -0.113. The number of ketones is 1. The average Bonchev–Trinajstić information content (AvgIpc) is 2.57. The van der Waals surface area contributed by atoms with Gasteiger partial charge >= 0.3 is 0 Å². The Hall–Kier alpha value is -2.14. The number of hydrogen-bond donors (Lipinski definition) is 1. The van der Waals surface area contributed by atoms with Gasteiger partial charge in [0.25, 0.3) is 0 Å². The molecule has 0 bridgehead atoms. The maximum atomic E-state index is 13.3. The fourth-order valence-electron chi connectivity index (χ4n) is 1.71. The molecule has 1 atom stereocenters. The van der Waals surface area contributed by atoms with Crippen LogP contribution in [0.2, 0.25) is 0 Å². The summed E-state index contributed by atoms with van der Waals surface area (Å²) in [7, 11) is 0. The first-order chi connectivity index (χ1) is 11.5. The number of nitrogens with zero attached hydrogens (tertiary/aromatic N) is 1. The lowest BCUT2D eigenvalue weighted by atomic mass is 10.2. The van der Waals surface area contributed by atoms with Crippen LogP contribution in [-0.4, -0.2) is 29.0 Å². The molecule has 0 radical (unpaired) electrons. The Morgan fingerprint density at radius 3 is 3.04 bits per heavy atom. The molecule has 0 spiro atoms. The van der Waals surface area contributed by atoms with Crippen LogP contribution in [0.1, 0.15) is 19.8 Å². The summed E-state index contributed by atoms with van der Waals surface area (Å²) in [6, 6.07) is 3.63. The van der Waals surface area contributed by atoms with Crippen molar-refractivity contribution in [3.05, 3.63) is 55.3 Å². The number of hydrogen-bond acceptors (Lipinski definition) is 4. The molecule has 0 aliphatic rings. The molecule has 1 aromatic heterocycles. The Kier molecular flexibility index (Phi) is 8.79. The third-order valence-corrected chi connectivity index (χ3v) is 3.19. The molecule has 1 N–H and O–H groups in total. The molecule has 0 unspecified atom stereocenters. The molecule has 0 aromatic carbocycles. The summed E-state index contributed by atoms with van der Waals surface area (Å²) in [5, 5.41) is 0.991. The van der Waals surface area contributed by atoms with Gasteiger partial charge < -0.3 is 10.1 Å². The number of halogens is 2. The van der Waals surface area contributed by atoms with Crippen LogP contribution in [0.25, 0.3) is 0 Å². The molecule has 1 aromatic rings. The van der Waals surface area contributed by atoms with Crippen molar-refractivity contribution in [3.63, 3.8) is 0 Å². The number of rotatable bonds is 11. The zero-order chi connectivity index (χ0) is 17.8. The number of allylic oxidation sites excluding steroid dienone is 4. The van der Waals surface area contributed by atoms with Gasteiger partial charge in [-0.1, -0.05) is 30.3 Å². The highest BCUT2D eigenvalue weighted by Gasteiger charge is 2.16. The van der Waals surface area contributed by atoms with Gasteiger partial charge in [-0.2, -0.15) is 0 Å². The summed E-state index contributed by atoms with van der Waals surface area (Å²) in [4.78, 5) is 15.7. The lowest BCUT2D eigenvalue weighted by Crippen LogP contribution is -2.05. The number of anilines is 1. The van der Waals surface area contributed by atoms with E-state index in [1.165, 1.54) is 0 Å². The van der Waals surface area contributed by atoms with Crippen LogP contribution in [0.15, 0.2) is 55.3 Å². The number of aromatic nitrogens is 1. The first kappa shape index (κ1) is 19.9. The van der Waals surface area contributed by atoms with Crippen molar-refractivity contribution < 1.29 is 13.9 Å². The zero-order valence-electron chi connectivity index (χ0n) is 13.7. The second kappa shape index (κ2) is 10.6. The largest absolute Gasteiger partial charge is 0.494 e. The minimum atomic E-state index is -2.17. The van der Waals surface area contributed by atoms with Gasteiger partial charge in [0.05, 0.1) is 6.61 Å². The highest BCUT2D eigenvalue weighted by Crippen LogP contribution is 2.19. The van der Waals surface area contributed by atoms with E-state index >= 15 is 0 Å². The van der Waals surface area contributed by atoms with Crippen LogP contribution in [0, 0.1) is 0 Å². The Labute approximate surface area is 147 Å². The zero-order valence-corrected chi connectivity index (χ0v) is 14.4. The van der Waals surface area contributed by atoms with Gasteiger partial charge in [0, 0.05) is 25.2 Å². The van der Waals surface area contributed by atoms with Crippen molar-refractivity contribution in [2.75, 3.05) is 18.5 Å². The van der Waals surface area contributed by atoms with Gasteiger partial charge in [-0.15, -0.1) is 0 Å². The minimum Gasteiger partial charge on any atom is -0.494 e. The summed E-state index contributed by atoms with van der Waals surface area (Å²) < 4.78 is 18.7. The maximum absolute atomic E-state index is 13.3. The third-order valence-electron chi connectivity index (χ3n) is 2.91. The third kappa shape index (κ3) is 8.48. The molecule has 0 aliphatic carbocycles. The van der Waals surface area contributed by atoms with E-state index in [1.807, 2.05) is 19.1 Å². The van der Waals surface area contributed by atoms with E-state index in [0.29, 0.717) is 13.2 Å². The quantitative estimate of drug-likeness (QED) is 0.277. The molecule has 1 heterocycles. The Morgan fingerprint density at radius 1 is 1.54 bits per heavy atom. The summed E-state index contributed by atoms with van der Waals surface area (Å²) in [6.45, 7) is 6.45. The Morgan fingerprint density at radius 2 is 2.33 bits per heavy atom. The van der Waals surface area contributed by atoms with Crippen LogP contribution in [0.3, 0.4) is 0 Å². The molecule has 6 heteroatoms. The van der Waals surface area contributed by atoms with E-state index in [-0.39, 0.29) is 12.2 Å². The molecule has 24 heavy (non-hydrogen) atoms. The van der Waals surface area contributed by atoms with Gasteiger partial charge in [-0.3, -0.25) is 4.79 Å². The number of alkyl halides is 2. The standard InChI is InChI=1S/C18H22ClFN2O2/c1-3-18(19,20)11-9-15(23)8-6-5-7-12-21-17-14-16(24-4-2)10-13-22-17/h3,5-6,9-11,13-14H,1,4,7-8,12H2,2H3,(H,21,22)/b6-5+,11-9+/t18-/m0/s1. The summed E-state index contributed by atoms with van der Waals surface area (Å²) in [5.41, 5.74) is 0. The first-order valence-corrected chi connectivity index (χ1v) is 8.06. The second-order valence-electron chi connectivity index (χ2n) is 4.88. The highest BCUT2D eigenvalue weighted by molar-refractivity contribution is 6.25. The van der Waals surface area contributed by atoms with E-state index in [2.05, 4.69) is 16.9 Å². The normalized spacial score (nSPS) is 13.8. The number of pyridine rings is 1. The van der Waals surface area contributed by atoms with Gasteiger partial charge in [-0.05, 0) is 37.6 Å². The van der Waals surface area contributed by atoms with Gasteiger partial charge in [-0.25, -0.2) is 9.37 Å². The molecule has 1 rings (SSSR count). The smallest absolute Gasteiger partial charge is 0.220 e. The van der Waals surface area contributed by atoms with E-state index < -0.39 is 5.13 Å². The number of carbonyl (C=O) groups excluding carboxylic acids is 1. The molecule has 0 saturated carbocycles. The lowest BCUT2D eigenvalue weighted by Gasteiger charge is -2.06. The molecular weight excluding hydrogens is 331 g/mol. The van der Waals surface area contributed by atoms with Crippen molar-refractivity contribution in [1.82, 2.24) is 4.98 Å². The van der Waals surface area contributed by atoms with Crippen LogP contribution in [-0.2, 0) is 4.79 Å². The Balaban J connectivity index is 2.27. The molecule has 0 amide bonds. The van der Waals surface area contributed by atoms with Gasteiger partial charge in [0.15, 0.2) is 5.78 Å². The van der Waals surface area contributed by atoms with Gasteiger partial charge in [0.2, 0.25) is 5.13 Å². The van der Waals surface area contributed by atoms with Crippen molar-refractivity contribution in [1.29, 1.82) is 0 Å². The van der Waals surface area contributed by atoms with Crippen molar-refractivity contribution in [2.45, 2.75) is 24.9 Å². The number of carbonyl (C=O) groups is 1. The summed E-state index contributed by atoms with van der Waals surface area (Å²) in [5.74, 6) is 1.28. The average molecular weight is 353 g/mol. The molecule has 130 valence electrons. The molecule has 0 fully saturated rings. The highest BCUT2D eigenvalue weighted by atomic mass is 35.5. The van der Waals surface area contributed by atoms with Crippen LogP contribution in [0.5, 0.6) is 5.75 Å². The van der Waals surface area contributed by atoms with E-state index in [4.69, 9.17) is 16.3 Å². The topological polar surface area (TPSA) is 51.2 Å². The van der Waals surface area contributed by atoms with Gasteiger partial charge in [0.1, 0.15) is 11.6 Å². The summed E-state index contributed by atoms with van der Waals surface area (Å²) in [6.07, 6.45) is 9.25. The summed E-state index contributed by atoms with van der Waals surface area (Å²) >= 11 is 5.39. The Bertz CT molecular complexity index is 600. The monoisotopic (exact) mass is 352 g/mol. The minimum absolute atomic E-state index is 0.193. The fraction of sp³-hybridized carbons (Fsp3) is 0.333. The predicted molar refractivity (Wildman–Crippen MR) is 96.3 cm³/mol. The van der Waals surface area contributed by atoms with Crippen molar-refractivity contribution in [2.24, 2.45) is 0 Å².